The molecule has 0 aliphatic rings. The molecule has 0 radical (unpaired) electrons. The van der Waals surface area contributed by atoms with Crippen molar-refractivity contribution in [1.29, 1.82) is 0 Å². The van der Waals surface area contributed by atoms with Crippen molar-refractivity contribution >= 4 is 31.9 Å². The van der Waals surface area contributed by atoms with Gasteiger partial charge in [-0.05, 0) is 35.0 Å². The van der Waals surface area contributed by atoms with Crippen LogP contribution in [-0.2, 0) is 0 Å². The Labute approximate surface area is 99.7 Å². The van der Waals surface area contributed by atoms with Gasteiger partial charge in [-0.3, -0.25) is 0 Å². The molecule has 0 aliphatic carbocycles. The van der Waals surface area contributed by atoms with Crippen LogP contribution in [0.15, 0.2) is 21.1 Å². The third-order valence-electron chi connectivity index (χ3n) is 1.98. The van der Waals surface area contributed by atoms with Gasteiger partial charge in [0.15, 0.2) is 0 Å². The molecule has 5 N–H and O–H groups in total. The first-order valence-corrected chi connectivity index (χ1v) is 5.71. The summed E-state index contributed by atoms with van der Waals surface area (Å²) in [7, 11) is 0. The molecule has 0 bridgehead atoms. The van der Waals surface area contributed by atoms with E-state index < -0.39 is 0 Å². The second-order valence-electron chi connectivity index (χ2n) is 3.21. The standard InChI is InChI=1S/C9H12Br2N2O/c1-4(12)8(13)6-2-5(10)3-7(11)9(6)14/h2-4,8,14H,12-13H2,1H3. The summed E-state index contributed by atoms with van der Waals surface area (Å²) in [6, 6.07) is 2.95. The molecule has 1 aromatic rings. The van der Waals surface area contributed by atoms with Gasteiger partial charge in [-0.25, -0.2) is 0 Å². The highest BCUT2D eigenvalue weighted by molar-refractivity contribution is 9.11. The van der Waals surface area contributed by atoms with E-state index in [2.05, 4.69) is 31.9 Å². The summed E-state index contributed by atoms with van der Waals surface area (Å²) >= 11 is 6.56. The lowest BCUT2D eigenvalue weighted by Gasteiger charge is -2.18. The first-order valence-electron chi connectivity index (χ1n) is 4.12. The number of rotatable bonds is 2. The average Bonchev–Trinajstić information content (AvgIpc) is 2.09. The quantitative estimate of drug-likeness (QED) is 0.781. The Morgan fingerprint density at radius 2 is 1.86 bits per heavy atom. The minimum absolute atomic E-state index is 0.151. The second-order valence-corrected chi connectivity index (χ2v) is 4.98. The molecule has 5 heteroatoms. The number of hydrogen-bond donors (Lipinski definition) is 3. The predicted molar refractivity (Wildman–Crippen MR) is 64.1 cm³/mol. The Morgan fingerprint density at radius 1 is 1.29 bits per heavy atom. The van der Waals surface area contributed by atoms with E-state index >= 15 is 0 Å². The van der Waals surface area contributed by atoms with Gasteiger partial charge in [0.25, 0.3) is 0 Å². The molecule has 14 heavy (non-hydrogen) atoms. The monoisotopic (exact) mass is 322 g/mol. The van der Waals surface area contributed by atoms with Crippen LogP contribution in [0, 0.1) is 0 Å². The minimum Gasteiger partial charge on any atom is -0.506 e. The topological polar surface area (TPSA) is 72.3 Å². The summed E-state index contributed by atoms with van der Waals surface area (Å²) in [5.74, 6) is 0.151. The molecule has 0 saturated heterocycles. The van der Waals surface area contributed by atoms with E-state index in [1.807, 2.05) is 0 Å². The summed E-state index contributed by atoms with van der Waals surface area (Å²) in [4.78, 5) is 0. The first-order chi connectivity index (χ1) is 6.43. The van der Waals surface area contributed by atoms with Gasteiger partial charge in [0, 0.05) is 22.1 Å². The van der Waals surface area contributed by atoms with E-state index in [1.165, 1.54) is 0 Å². The van der Waals surface area contributed by atoms with Gasteiger partial charge < -0.3 is 16.6 Å². The van der Waals surface area contributed by atoms with E-state index in [0.29, 0.717) is 10.0 Å². The van der Waals surface area contributed by atoms with Gasteiger partial charge in [0.05, 0.1) is 4.47 Å². The van der Waals surface area contributed by atoms with Crippen LogP contribution < -0.4 is 11.5 Å². The van der Waals surface area contributed by atoms with Crippen LogP contribution in [0.4, 0.5) is 0 Å². The van der Waals surface area contributed by atoms with E-state index in [0.717, 1.165) is 4.47 Å². The molecule has 0 heterocycles. The molecule has 0 aromatic heterocycles. The number of phenolic OH excluding ortho intramolecular Hbond substituents is 1. The second kappa shape index (κ2) is 4.61. The SMILES string of the molecule is CC(N)C(N)c1cc(Br)cc(Br)c1O. The predicted octanol–water partition coefficient (Wildman–Crippen LogP) is 2.26. The van der Waals surface area contributed by atoms with Crippen molar-refractivity contribution in [2.45, 2.75) is 19.0 Å². The van der Waals surface area contributed by atoms with Crippen LogP contribution in [0.3, 0.4) is 0 Å². The zero-order valence-electron chi connectivity index (χ0n) is 7.67. The summed E-state index contributed by atoms with van der Waals surface area (Å²) in [6.07, 6.45) is 0. The van der Waals surface area contributed by atoms with Gasteiger partial charge in [0.1, 0.15) is 5.75 Å². The number of nitrogens with two attached hydrogens (primary N) is 2. The van der Waals surface area contributed by atoms with Crippen molar-refractivity contribution in [3.63, 3.8) is 0 Å². The molecule has 0 fully saturated rings. The molecule has 1 aromatic carbocycles. The fourth-order valence-electron chi connectivity index (χ4n) is 1.12. The normalized spacial score (nSPS) is 15.2. The largest absolute Gasteiger partial charge is 0.506 e. The molecule has 3 nitrogen and oxygen atoms in total. The summed E-state index contributed by atoms with van der Waals surface area (Å²) in [5, 5.41) is 9.74. The van der Waals surface area contributed by atoms with Crippen molar-refractivity contribution in [3.05, 3.63) is 26.6 Å². The number of phenols is 1. The van der Waals surface area contributed by atoms with Crippen LogP contribution in [0.2, 0.25) is 0 Å². The minimum atomic E-state index is -0.371. The Bertz CT molecular complexity index is 342. The lowest BCUT2D eigenvalue weighted by Crippen LogP contribution is -2.31. The zero-order chi connectivity index (χ0) is 10.9. The number of hydrogen-bond acceptors (Lipinski definition) is 3. The molecule has 0 saturated carbocycles. The van der Waals surface area contributed by atoms with Gasteiger partial charge in [-0.1, -0.05) is 15.9 Å². The van der Waals surface area contributed by atoms with Crippen LogP contribution >= 0.6 is 31.9 Å². The van der Waals surface area contributed by atoms with Crippen molar-refractivity contribution in [2.24, 2.45) is 11.5 Å². The molecule has 2 unspecified atom stereocenters. The lowest BCUT2D eigenvalue weighted by atomic mass is 10.0. The summed E-state index contributed by atoms with van der Waals surface area (Å²) in [5.41, 5.74) is 12.2. The molecule has 78 valence electrons. The fraction of sp³-hybridized carbons (Fsp3) is 0.333. The molecular weight excluding hydrogens is 312 g/mol. The maximum Gasteiger partial charge on any atom is 0.134 e. The molecule has 1 rings (SSSR count). The van der Waals surface area contributed by atoms with E-state index in [4.69, 9.17) is 11.5 Å². The Kier molecular flexibility index (Phi) is 3.94. The fourth-order valence-corrected chi connectivity index (χ4v) is 2.38. The summed E-state index contributed by atoms with van der Waals surface area (Å²) in [6.45, 7) is 1.80. The Balaban J connectivity index is 3.20. The highest BCUT2D eigenvalue weighted by Gasteiger charge is 2.17. The number of aromatic hydroxyl groups is 1. The van der Waals surface area contributed by atoms with Crippen molar-refractivity contribution in [3.8, 4) is 5.75 Å². The van der Waals surface area contributed by atoms with E-state index in [-0.39, 0.29) is 17.8 Å². The maximum absolute atomic E-state index is 9.74. The molecule has 0 spiro atoms. The van der Waals surface area contributed by atoms with Crippen molar-refractivity contribution in [2.75, 3.05) is 0 Å². The Morgan fingerprint density at radius 3 is 2.36 bits per heavy atom. The van der Waals surface area contributed by atoms with Gasteiger partial charge in [0.2, 0.25) is 0 Å². The first kappa shape index (κ1) is 12.0. The highest BCUT2D eigenvalue weighted by Crippen LogP contribution is 2.35. The zero-order valence-corrected chi connectivity index (χ0v) is 10.8. The third-order valence-corrected chi connectivity index (χ3v) is 3.05. The molecular formula is C9H12Br2N2O. The smallest absolute Gasteiger partial charge is 0.134 e. The summed E-state index contributed by atoms with van der Waals surface area (Å²) < 4.78 is 1.46. The molecule has 0 aliphatic heterocycles. The number of benzene rings is 1. The van der Waals surface area contributed by atoms with Gasteiger partial charge in [-0.15, -0.1) is 0 Å². The van der Waals surface area contributed by atoms with Crippen LogP contribution in [-0.4, -0.2) is 11.1 Å². The van der Waals surface area contributed by atoms with Crippen LogP contribution in [0.25, 0.3) is 0 Å². The third kappa shape index (κ3) is 2.48. The molecule has 2 atom stereocenters. The van der Waals surface area contributed by atoms with Crippen molar-refractivity contribution < 1.29 is 5.11 Å². The number of halogens is 2. The average molecular weight is 324 g/mol. The Hall–Kier alpha value is -0.100. The highest BCUT2D eigenvalue weighted by atomic mass is 79.9. The molecule has 0 amide bonds. The van der Waals surface area contributed by atoms with E-state index in [9.17, 15) is 5.11 Å². The van der Waals surface area contributed by atoms with Gasteiger partial charge >= 0.3 is 0 Å². The maximum atomic E-state index is 9.74. The lowest BCUT2D eigenvalue weighted by molar-refractivity contribution is 0.450. The van der Waals surface area contributed by atoms with Crippen molar-refractivity contribution in [1.82, 2.24) is 0 Å². The van der Waals surface area contributed by atoms with Crippen LogP contribution in [0.5, 0.6) is 5.75 Å². The van der Waals surface area contributed by atoms with Gasteiger partial charge in [-0.2, -0.15) is 0 Å². The van der Waals surface area contributed by atoms with E-state index in [1.54, 1.807) is 19.1 Å². The van der Waals surface area contributed by atoms with Crippen LogP contribution in [0.1, 0.15) is 18.5 Å².